The minimum Gasteiger partial charge on any atom is -0.477 e. The quantitative estimate of drug-likeness (QED) is 0.660. The zero-order valence-electron chi connectivity index (χ0n) is 5.30. The second-order valence-electron chi connectivity index (χ2n) is 1.86. The average molecular weight is 174 g/mol. The van der Waals surface area contributed by atoms with E-state index in [-0.39, 0.29) is 16.3 Å². The number of aromatic carboxylic acids is 1. The van der Waals surface area contributed by atoms with Crippen molar-refractivity contribution in [3.05, 3.63) is 22.5 Å². The lowest BCUT2D eigenvalue weighted by Crippen LogP contribution is -1.96. The molecule has 58 valence electrons. The van der Waals surface area contributed by atoms with Gasteiger partial charge in [-0.3, -0.25) is 4.79 Å². The number of nitrogens with one attached hydrogen (secondary N) is 1. The molecule has 0 aromatic carbocycles. The number of carboxylic acid groups (broad SMARTS) is 1. The molecule has 0 bridgehead atoms. The Morgan fingerprint density at radius 2 is 2.36 bits per heavy atom. The summed E-state index contributed by atoms with van der Waals surface area (Å²) >= 11 is 5.48. The van der Waals surface area contributed by atoms with E-state index in [2.05, 4.69) is 4.98 Å². The molecule has 4 nitrogen and oxygen atoms in total. The maximum Gasteiger partial charge on any atom is 0.353 e. The van der Waals surface area contributed by atoms with Gasteiger partial charge in [0.2, 0.25) is 0 Å². The van der Waals surface area contributed by atoms with Gasteiger partial charge in [0, 0.05) is 6.20 Å². The van der Waals surface area contributed by atoms with Crippen molar-refractivity contribution in [2.75, 3.05) is 0 Å². The molecule has 1 heterocycles. The van der Waals surface area contributed by atoms with Gasteiger partial charge in [-0.15, -0.1) is 0 Å². The van der Waals surface area contributed by atoms with Gasteiger partial charge in [0.15, 0.2) is 6.29 Å². The highest BCUT2D eigenvalue weighted by atomic mass is 35.5. The number of aldehydes is 1. The van der Waals surface area contributed by atoms with Gasteiger partial charge in [0.25, 0.3) is 0 Å². The van der Waals surface area contributed by atoms with Gasteiger partial charge >= 0.3 is 5.97 Å². The lowest BCUT2D eigenvalue weighted by Gasteiger charge is -1.87. The predicted octanol–water partition coefficient (Wildman–Crippen LogP) is 1.18. The summed E-state index contributed by atoms with van der Waals surface area (Å²) < 4.78 is 0. The minimum atomic E-state index is -1.18. The summed E-state index contributed by atoms with van der Waals surface area (Å²) in [5.41, 5.74) is -0.00201. The third-order valence-electron chi connectivity index (χ3n) is 1.19. The third-order valence-corrected chi connectivity index (χ3v) is 1.59. The van der Waals surface area contributed by atoms with Crippen molar-refractivity contribution in [1.29, 1.82) is 0 Å². The summed E-state index contributed by atoms with van der Waals surface area (Å²) in [4.78, 5) is 22.8. The highest BCUT2D eigenvalue weighted by Gasteiger charge is 2.13. The first-order valence-corrected chi connectivity index (χ1v) is 3.10. The molecule has 0 aliphatic rings. The summed E-state index contributed by atoms with van der Waals surface area (Å²) in [6.45, 7) is 0. The fraction of sp³-hybridized carbons (Fsp3) is 0. The van der Waals surface area contributed by atoms with Crippen LogP contribution in [0.5, 0.6) is 0 Å². The molecule has 1 aromatic heterocycles. The molecule has 0 atom stereocenters. The van der Waals surface area contributed by atoms with Crippen LogP contribution in [-0.4, -0.2) is 22.3 Å². The molecule has 0 aliphatic carbocycles. The Morgan fingerprint density at radius 3 is 2.64 bits per heavy atom. The van der Waals surface area contributed by atoms with Crippen LogP contribution in [0.1, 0.15) is 20.8 Å². The van der Waals surface area contributed by atoms with E-state index in [1.54, 1.807) is 0 Å². The van der Waals surface area contributed by atoms with E-state index < -0.39 is 5.97 Å². The minimum absolute atomic E-state index is 0.0486. The van der Waals surface area contributed by atoms with Gasteiger partial charge < -0.3 is 10.1 Å². The zero-order valence-corrected chi connectivity index (χ0v) is 6.05. The van der Waals surface area contributed by atoms with Gasteiger partial charge in [-0.25, -0.2) is 4.79 Å². The largest absolute Gasteiger partial charge is 0.477 e. The van der Waals surface area contributed by atoms with Crippen molar-refractivity contribution in [2.24, 2.45) is 0 Å². The van der Waals surface area contributed by atoms with Crippen LogP contribution in [0.4, 0.5) is 0 Å². The molecule has 0 spiro atoms. The van der Waals surface area contributed by atoms with Gasteiger partial charge in [0.05, 0.1) is 10.6 Å². The highest BCUT2D eigenvalue weighted by molar-refractivity contribution is 6.35. The van der Waals surface area contributed by atoms with Crippen LogP contribution in [0.25, 0.3) is 0 Å². The van der Waals surface area contributed by atoms with Crippen LogP contribution in [0.15, 0.2) is 6.20 Å². The molecule has 0 amide bonds. The third kappa shape index (κ3) is 1.25. The molecule has 0 unspecified atom stereocenters. The normalized spacial score (nSPS) is 9.55. The van der Waals surface area contributed by atoms with Crippen LogP contribution in [0.2, 0.25) is 5.02 Å². The molecule has 0 saturated carbocycles. The summed E-state index contributed by atoms with van der Waals surface area (Å²) in [5.74, 6) is -1.18. The van der Waals surface area contributed by atoms with E-state index in [4.69, 9.17) is 16.7 Å². The predicted molar refractivity (Wildman–Crippen MR) is 38.1 cm³/mol. The van der Waals surface area contributed by atoms with Crippen molar-refractivity contribution in [1.82, 2.24) is 4.98 Å². The molecular weight excluding hydrogens is 170 g/mol. The SMILES string of the molecule is O=Cc1c[nH]c(C(=O)O)c1Cl. The Labute approximate surface area is 66.8 Å². The number of carbonyl (C=O) groups is 2. The Morgan fingerprint density at radius 1 is 1.73 bits per heavy atom. The number of hydrogen-bond donors (Lipinski definition) is 2. The van der Waals surface area contributed by atoms with E-state index in [0.29, 0.717) is 6.29 Å². The van der Waals surface area contributed by atoms with Crippen molar-refractivity contribution in [3.63, 3.8) is 0 Å². The van der Waals surface area contributed by atoms with E-state index in [9.17, 15) is 9.59 Å². The fourth-order valence-corrected chi connectivity index (χ4v) is 0.897. The molecule has 2 N–H and O–H groups in total. The Hall–Kier alpha value is -1.29. The molecule has 5 heteroatoms. The second-order valence-corrected chi connectivity index (χ2v) is 2.23. The van der Waals surface area contributed by atoms with Gasteiger partial charge in [0.1, 0.15) is 5.69 Å². The van der Waals surface area contributed by atoms with Gasteiger partial charge in [-0.2, -0.15) is 0 Å². The maximum absolute atomic E-state index is 10.3. The zero-order chi connectivity index (χ0) is 8.43. The molecule has 1 aromatic rings. The van der Waals surface area contributed by atoms with Crippen molar-refractivity contribution in [3.8, 4) is 0 Å². The molecule has 0 aliphatic heterocycles. The molecule has 0 saturated heterocycles. The lowest BCUT2D eigenvalue weighted by molar-refractivity contribution is 0.0691. The van der Waals surface area contributed by atoms with Crippen LogP contribution in [-0.2, 0) is 0 Å². The fourth-order valence-electron chi connectivity index (χ4n) is 0.662. The standard InChI is InChI=1S/C6H4ClNO3/c7-4-3(2-9)1-8-5(4)6(10)11/h1-2,8H,(H,10,11). The van der Waals surface area contributed by atoms with Gasteiger partial charge in [-0.1, -0.05) is 11.6 Å². The summed E-state index contributed by atoms with van der Waals surface area (Å²) in [6, 6.07) is 0. The van der Waals surface area contributed by atoms with Crippen molar-refractivity contribution in [2.45, 2.75) is 0 Å². The van der Waals surface area contributed by atoms with Crippen LogP contribution >= 0.6 is 11.6 Å². The highest BCUT2D eigenvalue weighted by Crippen LogP contribution is 2.18. The van der Waals surface area contributed by atoms with Crippen LogP contribution in [0, 0.1) is 0 Å². The molecular formula is C6H4ClNO3. The molecule has 0 radical (unpaired) electrons. The summed E-state index contributed by atoms with van der Waals surface area (Å²) in [7, 11) is 0. The molecule has 1 rings (SSSR count). The number of hydrogen-bond acceptors (Lipinski definition) is 2. The Kier molecular flexibility index (Phi) is 1.96. The van der Waals surface area contributed by atoms with E-state index in [1.165, 1.54) is 6.20 Å². The van der Waals surface area contributed by atoms with Crippen LogP contribution in [0.3, 0.4) is 0 Å². The number of H-pyrrole nitrogens is 1. The molecule has 0 fully saturated rings. The smallest absolute Gasteiger partial charge is 0.353 e. The van der Waals surface area contributed by atoms with E-state index >= 15 is 0 Å². The number of carboxylic acids is 1. The maximum atomic E-state index is 10.3. The Balaban J connectivity index is 3.20. The van der Waals surface area contributed by atoms with Gasteiger partial charge in [-0.05, 0) is 0 Å². The average Bonchev–Trinajstić information content (AvgIpc) is 2.30. The first-order chi connectivity index (χ1) is 5.16. The number of aromatic amines is 1. The van der Waals surface area contributed by atoms with Crippen molar-refractivity contribution >= 4 is 23.9 Å². The number of rotatable bonds is 2. The van der Waals surface area contributed by atoms with Crippen molar-refractivity contribution < 1.29 is 14.7 Å². The number of aromatic nitrogens is 1. The molecule has 11 heavy (non-hydrogen) atoms. The number of carbonyl (C=O) groups excluding carboxylic acids is 1. The number of halogens is 1. The second kappa shape index (κ2) is 2.75. The monoisotopic (exact) mass is 173 g/mol. The summed E-state index contributed by atoms with van der Waals surface area (Å²) in [6.07, 6.45) is 1.74. The van der Waals surface area contributed by atoms with Crippen LogP contribution < -0.4 is 0 Å². The first-order valence-electron chi connectivity index (χ1n) is 2.72. The Bertz CT molecular complexity index is 305. The van der Waals surface area contributed by atoms with E-state index in [0.717, 1.165) is 0 Å². The lowest BCUT2D eigenvalue weighted by atomic mass is 10.3. The van der Waals surface area contributed by atoms with E-state index in [1.807, 2.05) is 0 Å². The topological polar surface area (TPSA) is 70.2 Å². The summed E-state index contributed by atoms with van der Waals surface area (Å²) in [5, 5.41) is 8.39. The first kappa shape index (κ1) is 7.81.